The molecule has 1 heterocycles. The van der Waals surface area contributed by atoms with Gasteiger partial charge in [-0.15, -0.1) is 0 Å². The van der Waals surface area contributed by atoms with E-state index in [4.69, 9.17) is 21.3 Å². The summed E-state index contributed by atoms with van der Waals surface area (Å²) in [5.41, 5.74) is 10.1. The van der Waals surface area contributed by atoms with Gasteiger partial charge in [-0.25, -0.2) is 4.79 Å². The third kappa shape index (κ3) is 2.76. The largest absolute Gasteiger partial charge is 0.394 e. The molecule has 4 atom stereocenters. The highest BCUT2D eigenvalue weighted by atomic mass is 16.6. The summed E-state index contributed by atoms with van der Waals surface area (Å²) in [5.74, 6) is -0.460. The van der Waals surface area contributed by atoms with Crippen LogP contribution in [0.4, 0.5) is 4.79 Å². The molecule has 102 valence electrons. The lowest BCUT2D eigenvalue weighted by molar-refractivity contribution is -0.0638. The number of carbonyl (C=O) groups is 1. The van der Waals surface area contributed by atoms with Crippen molar-refractivity contribution < 1.29 is 24.9 Å². The van der Waals surface area contributed by atoms with Crippen LogP contribution in [0.1, 0.15) is 0 Å². The van der Waals surface area contributed by atoms with Crippen LogP contribution in [0.15, 0.2) is 17.8 Å². The van der Waals surface area contributed by atoms with Crippen molar-refractivity contribution in [1.82, 2.24) is 4.90 Å². The SMILES string of the molecule is C=CN(C(=O)N=C(N)N)[C@@H]1O[C@H](CO)[C@H](O)C1O. The molecule has 0 aromatic heterocycles. The van der Waals surface area contributed by atoms with Crippen LogP contribution in [0.5, 0.6) is 0 Å². The molecule has 0 aliphatic carbocycles. The summed E-state index contributed by atoms with van der Waals surface area (Å²) >= 11 is 0. The number of carbonyl (C=O) groups excluding carboxylic acids is 1. The zero-order valence-electron chi connectivity index (χ0n) is 9.51. The van der Waals surface area contributed by atoms with Gasteiger partial charge in [0.25, 0.3) is 0 Å². The molecule has 1 aliphatic rings. The molecular formula is C9H16N4O5. The maximum absolute atomic E-state index is 11.6. The first-order valence-electron chi connectivity index (χ1n) is 5.09. The third-order valence-electron chi connectivity index (χ3n) is 2.43. The second-order valence-corrected chi connectivity index (χ2v) is 3.64. The monoisotopic (exact) mass is 260 g/mol. The molecule has 1 unspecified atom stereocenters. The van der Waals surface area contributed by atoms with E-state index in [2.05, 4.69) is 11.6 Å². The van der Waals surface area contributed by atoms with Crippen molar-refractivity contribution in [3.05, 3.63) is 12.8 Å². The number of aliphatic imine (C=N–C) groups is 1. The Bertz CT molecular complexity index is 357. The quantitative estimate of drug-likeness (QED) is 0.272. The Morgan fingerprint density at radius 2 is 2.06 bits per heavy atom. The highest BCUT2D eigenvalue weighted by Crippen LogP contribution is 2.24. The minimum atomic E-state index is -1.40. The standard InChI is InChI=1S/C9H16N4O5/c1-2-13(9(17)12-8(10)11)7-6(16)5(15)4(3-14)18-7/h2,4-7,14-16H,1,3H2,(H4,10,11,12,17)/t4-,5+,6?,7-/m1/s1. The Kier molecular flexibility index (Phi) is 4.62. The van der Waals surface area contributed by atoms with Gasteiger partial charge in [-0.1, -0.05) is 6.58 Å². The van der Waals surface area contributed by atoms with Crippen molar-refractivity contribution in [3.8, 4) is 0 Å². The average Bonchev–Trinajstić information content (AvgIpc) is 2.57. The molecule has 9 heteroatoms. The van der Waals surface area contributed by atoms with Gasteiger partial charge in [0, 0.05) is 6.20 Å². The molecule has 9 nitrogen and oxygen atoms in total. The number of hydrogen-bond acceptors (Lipinski definition) is 5. The fraction of sp³-hybridized carbons (Fsp3) is 0.556. The van der Waals surface area contributed by atoms with Crippen molar-refractivity contribution in [1.29, 1.82) is 0 Å². The van der Waals surface area contributed by atoms with Crippen LogP contribution in [-0.2, 0) is 4.74 Å². The average molecular weight is 260 g/mol. The maximum Gasteiger partial charge on any atom is 0.352 e. The summed E-state index contributed by atoms with van der Waals surface area (Å²) in [6.07, 6.45) is -3.90. The van der Waals surface area contributed by atoms with E-state index in [0.717, 1.165) is 11.1 Å². The number of ether oxygens (including phenoxy) is 1. The number of nitrogens with zero attached hydrogens (tertiary/aromatic N) is 2. The van der Waals surface area contributed by atoms with E-state index in [1.165, 1.54) is 0 Å². The predicted octanol–water partition coefficient (Wildman–Crippen LogP) is -2.74. The summed E-state index contributed by atoms with van der Waals surface area (Å²) in [6.45, 7) is 2.86. The predicted molar refractivity (Wildman–Crippen MR) is 61.0 cm³/mol. The van der Waals surface area contributed by atoms with Crippen molar-refractivity contribution in [3.63, 3.8) is 0 Å². The number of hydrogen-bond donors (Lipinski definition) is 5. The Morgan fingerprint density at radius 3 is 2.44 bits per heavy atom. The zero-order valence-corrected chi connectivity index (χ0v) is 9.51. The molecule has 7 N–H and O–H groups in total. The zero-order chi connectivity index (χ0) is 13.9. The lowest BCUT2D eigenvalue weighted by Gasteiger charge is -2.25. The topological polar surface area (TPSA) is 155 Å². The Hall–Kier alpha value is -1.68. The number of guanidine groups is 1. The Balaban J connectivity index is 2.87. The highest BCUT2D eigenvalue weighted by Gasteiger charge is 2.46. The van der Waals surface area contributed by atoms with E-state index < -0.39 is 43.1 Å². The lowest BCUT2D eigenvalue weighted by atomic mass is 10.1. The van der Waals surface area contributed by atoms with Gasteiger partial charge in [0.05, 0.1) is 6.61 Å². The number of rotatable bonds is 3. The van der Waals surface area contributed by atoms with Crippen LogP contribution in [0.25, 0.3) is 0 Å². The van der Waals surface area contributed by atoms with Crippen LogP contribution in [-0.4, -0.2) is 63.4 Å². The summed E-state index contributed by atoms with van der Waals surface area (Å²) < 4.78 is 5.12. The summed E-state index contributed by atoms with van der Waals surface area (Å²) in [4.78, 5) is 15.7. The number of aliphatic hydroxyl groups is 3. The molecule has 18 heavy (non-hydrogen) atoms. The first kappa shape index (κ1) is 14.4. The van der Waals surface area contributed by atoms with Gasteiger partial charge in [-0.3, -0.25) is 4.90 Å². The van der Waals surface area contributed by atoms with Crippen LogP contribution < -0.4 is 11.5 Å². The first-order chi connectivity index (χ1) is 8.42. The second kappa shape index (κ2) is 5.78. The van der Waals surface area contributed by atoms with Gasteiger partial charge >= 0.3 is 6.03 Å². The number of aliphatic hydroxyl groups excluding tert-OH is 3. The smallest absolute Gasteiger partial charge is 0.352 e. The lowest BCUT2D eigenvalue weighted by Crippen LogP contribution is -2.44. The molecule has 1 saturated heterocycles. The van der Waals surface area contributed by atoms with Gasteiger partial charge in [0.2, 0.25) is 0 Å². The molecule has 1 aliphatic heterocycles. The van der Waals surface area contributed by atoms with E-state index >= 15 is 0 Å². The fourth-order valence-corrected chi connectivity index (χ4v) is 1.57. The molecule has 2 amide bonds. The summed E-state index contributed by atoms with van der Waals surface area (Å²) in [5, 5.41) is 28.2. The van der Waals surface area contributed by atoms with Crippen LogP contribution in [0, 0.1) is 0 Å². The van der Waals surface area contributed by atoms with Crippen LogP contribution in [0.3, 0.4) is 0 Å². The van der Waals surface area contributed by atoms with E-state index in [1.54, 1.807) is 0 Å². The number of urea groups is 1. The Labute approximate surface area is 103 Å². The molecule has 0 bridgehead atoms. The van der Waals surface area contributed by atoms with E-state index in [9.17, 15) is 15.0 Å². The molecule has 0 aromatic carbocycles. The van der Waals surface area contributed by atoms with Crippen molar-refractivity contribution >= 4 is 12.0 Å². The summed E-state index contributed by atoms with van der Waals surface area (Å²) in [6, 6.07) is -0.903. The molecule has 1 rings (SSSR count). The van der Waals surface area contributed by atoms with Gasteiger partial charge in [0.1, 0.15) is 18.3 Å². The van der Waals surface area contributed by atoms with Crippen molar-refractivity contribution in [2.24, 2.45) is 16.5 Å². The first-order valence-corrected chi connectivity index (χ1v) is 5.09. The normalized spacial score (nSPS) is 30.8. The van der Waals surface area contributed by atoms with Gasteiger partial charge < -0.3 is 31.5 Å². The molecular weight excluding hydrogens is 244 g/mol. The molecule has 0 aromatic rings. The fourth-order valence-electron chi connectivity index (χ4n) is 1.57. The minimum absolute atomic E-state index is 0.460. The molecule has 0 radical (unpaired) electrons. The number of amides is 2. The van der Waals surface area contributed by atoms with Crippen LogP contribution in [0.2, 0.25) is 0 Å². The van der Waals surface area contributed by atoms with E-state index in [0.29, 0.717) is 0 Å². The van der Waals surface area contributed by atoms with Gasteiger partial charge in [0.15, 0.2) is 12.2 Å². The summed E-state index contributed by atoms with van der Waals surface area (Å²) in [7, 11) is 0. The van der Waals surface area contributed by atoms with Crippen molar-refractivity contribution in [2.75, 3.05) is 6.61 Å². The highest BCUT2D eigenvalue weighted by molar-refractivity contribution is 5.91. The van der Waals surface area contributed by atoms with Crippen LogP contribution >= 0.6 is 0 Å². The van der Waals surface area contributed by atoms with E-state index in [1.807, 2.05) is 0 Å². The van der Waals surface area contributed by atoms with Gasteiger partial charge in [-0.2, -0.15) is 4.99 Å². The molecule has 0 saturated carbocycles. The molecule has 1 fully saturated rings. The molecule has 0 spiro atoms. The maximum atomic E-state index is 11.6. The van der Waals surface area contributed by atoms with Gasteiger partial charge in [-0.05, 0) is 0 Å². The minimum Gasteiger partial charge on any atom is -0.394 e. The van der Waals surface area contributed by atoms with Crippen molar-refractivity contribution in [2.45, 2.75) is 24.5 Å². The number of nitrogens with two attached hydrogens (primary N) is 2. The second-order valence-electron chi connectivity index (χ2n) is 3.64. The van der Waals surface area contributed by atoms with E-state index in [-0.39, 0.29) is 0 Å². The Morgan fingerprint density at radius 1 is 1.44 bits per heavy atom. The third-order valence-corrected chi connectivity index (χ3v) is 2.43.